The molecule has 1 aliphatic rings. The fourth-order valence-corrected chi connectivity index (χ4v) is 2.62. The fourth-order valence-electron chi connectivity index (χ4n) is 2.62. The Morgan fingerprint density at radius 2 is 1.62 bits per heavy atom. The Morgan fingerprint density at radius 3 is 2.29 bits per heavy atom. The molecule has 0 aromatic heterocycles. The third kappa shape index (κ3) is 3.31. The van der Waals surface area contributed by atoms with Crippen molar-refractivity contribution in [2.75, 3.05) is 6.61 Å². The van der Waals surface area contributed by atoms with E-state index < -0.39 is 0 Å². The minimum atomic E-state index is -0.0505. The van der Waals surface area contributed by atoms with E-state index in [0.29, 0.717) is 12.3 Å². The summed E-state index contributed by atoms with van der Waals surface area (Å²) in [5.41, 5.74) is 2.24. The van der Waals surface area contributed by atoms with Gasteiger partial charge in [0.2, 0.25) is 5.90 Å². The summed E-state index contributed by atoms with van der Waals surface area (Å²) in [6.45, 7) is 0.119. The van der Waals surface area contributed by atoms with Crippen LogP contribution in [0.15, 0.2) is 65.7 Å². The lowest BCUT2D eigenvalue weighted by atomic mass is 10.0. The number of hydrogen-bond donors (Lipinski definition) is 1. The predicted molar refractivity (Wildman–Crippen MR) is 83.5 cm³/mol. The van der Waals surface area contributed by atoms with Crippen molar-refractivity contribution in [3.05, 3.63) is 71.8 Å². The first-order valence-corrected chi connectivity index (χ1v) is 7.31. The van der Waals surface area contributed by atoms with Crippen LogP contribution in [0, 0.1) is 0 Å². The van der Waals surface area contributed by atoms with Crippen molar-refractivity contribution in [1.29, 1.82) is 0 Å². The molecule has 1 aliphatic heterocycles. The molecule has 0 amide bonds. The second kappa shape index (κ2) is 6.55. The highest BCUT2D eigenvalue weighted by molar-refractivity contribution is 5.95. The monoisotopic (exact) mass is 281 g/mol. The van der Waals surface area contributed by atoms with Crippen LogP contribution in [0.2, 0.25) is 0 Å². The van der Waals surface area contributed by atoms with Crippen molar-refractivity contribution in [3.8, 4) is 0 Å². The molecule has 3 heteroatoms. The molecule has 1 unspecified atom stereocenters. The van der Waals surface area contributed by atoms with Gasteiger partial charge < -0.3 is 9.84 Å². The molecule has 3 nitrogen and oxygen atoms in total. The molecule has 0 saturated carbocycles. The molecular formula is C18H19NO2. The highest BCUT2D eigenvalue weighted by Crippen LogP contribution is 2.23. The summed E-state index contributed by atoms with van der Waals surface area (Å²) in [5, 5.41) is 9.24. The molecule has 1 heterocycles. The molecule has 2 aromatic rings. The Morgan fingerprint density at radius 1 is 0.952 bits per heavy atom. The summed E-state index contributed by atoms with van der Waals surface area (Å²) in [7, 11) is 0. The van der Waals surface area contributed by atoms with E-state index in [2.05, 4.69) is 12.1 Å². The second-order valence-corrected chi connectivity index (χ2v) is 5.23. The topological polar surface area (TPSA) is 41.8 Å². The first-order valence-electron chi connectivity index (χ1n) is 7.31. The number of rotatable bonds is 5. The van der Waals surface area contributed by atoms with Gasteiger partial charge in [-0.2, -0.15) is 0 Å². The standard InChI is InChI=1S/C18H19NO2/c20-12-11-17-16(13-14-7-3-1-4-8-14)19-18(21-17)15-9-5-2-6-10-15/h1-10,16-17,20H,11-13H2/t16-,17?/m0/s1. The van der Waals surface area contributed by atoms with Crippen molar-refractivity contribution in [2.24, 2.45) is 4.99 Å². The van der Waals surface area contributed by atoms with Crippen molar-refractivity contribution >= 4 is 5.90 Å². The molecule has 0 aliphatic carbocycles. The van der Waals surface area contributed by atoms with Crippen LogP contribution in [0.3, 0.4) is 0 Å². The van der Waals surface area contributed by atoms with Crippen molar-refractivity contribution in [2.45, 2.75) is 25.0 Å². The van der Waals surface area contributed by atoms with Crippen LogP contribution in [0.1, 0.15) is 17.5 Å². The van der Waals surface area contributed by atoms with E-state index in [0.717, 1.165) is 12.0 Å². The number of ether oxygens (including phenoxy) is 1. The third-order valence-electron chi connectivity index (χ3n) is 3.70. The summed E-state index contributed by atoms with van der Waals surface area (Å²) in [5.74, 6) is 0.690. The van der Waals surface area contributed by atoms with Gasteiger partial charge in [-0.25, -0.2) is 4.99 Å². The van der Waals surface area contributed by atoms with Crippen LogP contribution in [0.5, 0.6) is 0 Å². The maximum atomic E-state index is 9.24. The summed E-state index contributed by atoms with van der Waals surface area (Å²) >= 11 is 0. The summed E-state index contributed by atoms with van der Waals surface area (Å²) in [6, 6.07) is 20.3. The first-order chi connectivity index (χ1) is 10.4. The quantitative estimate of drug-likeness (QED) is 0.915. The SMILES string of the molecule is OCCC1OC(c2ccccc2)=N[C@H]1Cc1ccccc1. The molecule has 108 valence electrons. The number of aliphatic hydroxyl groups is 1. The first kappa shape index (κ1) is 13.8. The molecule has 2 aromatic carbocycles. The Bertz CT molecular complexity index is 595. The lowest BCUT2D eigenvalue weighted by Crippen LogP contribution is -2.25. The number of aliphatic hydroxyl groups excluding tert-OH is 1. The Hall–Kier alpha value is -2.13. The highest BCUT2D eigenvalue weighted by Gasteiger charge is 2.31. The van der Waals surface area contributed by atoms with E-state index >= 15 is 0 Å². The third-order valence-corrected chi connectivity index (χ3v) is 3.70. The van der Waals surface area contributed by atoms with Gasteiger partial charge >= 0.3 is 0 Å². The minimum Gasteiger partial charge on any atom is -0.472 e. The van der Waals surface area contributed by atoms with Gasteiger partial charge in [-0.1, -0.05) is 48.5 Å². The van der Waals surface area contributed by atoms with Gasteiger partial charge in [0.15, 0.2) is 0 Å². The number of nitrogens with zero attached hydrogens (tertiary/aromatic N) is 1. The highest BCUT2D eigenvalue weighted by atomic mass is 16.5. The van der Waals surface area contributed by atoms with Crippen LogP contribution < -0.4 is 0 Å². The Labute approximate surface area is 124 Å². The Kier molecular flexibility index (Phi) is 4.31. The van der Waals surface area contributed by atoms with Crippen LogP contribution in [-0.4, -0.2) is 29.8 Å². The van der Waals surface area contributed by atoms with Crippen LogP contribution >= 0.6 is 0 Å². The molecule has 0 bridgehead atoms. The zero-order valence-corrected chi connectivity index (χ0v) is 11.9. The van der Waals surface area contributed by atoms with Gasteiger partial charge in [0.05, 0.1) is 6.04 Å². The normalized spacial score (nSPS) is 20.9. The second-order valence-electron chi connectivity index (χ2n) is 5.23. The van der Waals surface area contributed by atoms with Crippen molar-refractivity contribution in [1.82, 2.24) is 0 Å². The average molecular weight is 281 g/mol. The fraction of sp³-hybridized carbons (Fsp3) is 0.278. The van der Waals surface area contributed by atoms with E-state index in [9.17, 15) is 5.11 Å². The van der Waals surface area contributed by atoms with Gasteiger partial charge in [-0.15, -0.1) is 0 Å². The Balaban J connectivity index is 1.80. The van der Waals surface area contributed by atoms with Gasteiger partial charge in [0.1, 0.15) is 6.10 Å². The van der Waals surface area contributed by atoms with Crippen LogP contribution in [0.25, 0.3) is 0 Å². The zero-order valence-electron chi connectivity index (χ0n) is 11.9. The predicted octanol–water partition coefficient (Wildman–Crippen LogP) is 2.83. The van der Waals surface area contributed by atoms with Gasteiger partial charge in [-0.3, -0.25) is 0 Å². The van der Waals surface area contributed by atoms with E-state index in [4.69, 9.17) is 9.73 Å². The molecule has 0 saturated heterocycles. The molecular weight excluding hydrogens is 262 g/mol. The van der Waals surface area contributed by atoms with E-state index in [1.807, 2.05) is 48.5 Å². The van der Waals surface area contributed by atoms with Gasteiger partial charge in [0, 0.05) is 18.6 Å². The van der Waals surface area contributed by atoms with Crippen molar-refractivity contribution < 1.29 is 9.84 Å². The smallest absolute Gasteiger partial charge is 0.216 e. The lowest BCUT2D eigenvalue weighted by molar-refractivity contribution is 0.145. The number of aliphatic imine (C=N–C) groups is 1. The minimum absolute atomic E-state index is 0.0505. The molecule has 0 radical (unpaired) electrons. The van der Waals surface area contributed by atoms with E-state index in [1.54, 1.807) is 0 Å². The summed E-state index contributed by atoms with van der Waals surface area (Å²) in [4.78, 5) is 4.74. The maximum absolute atomic E-state index is 9.24. The van der Waals surface area contributed by atoms with Gasteiger partial charge in [-0.05, 0) is 24.1 Å². The molecule has 0 spiro atoms. The van der Waals surface area contributed by atoms with E-state index in [1.165, 1.54) is 5.56 Å². The van der Waals surface area contributed by atoms with Crippen molar-refractivity contribution in [3.63, 3.8) is 0 Å². The number of benzene rings is 2. The summed E-state index contributed by atoms with van der Waals surface area (Å²) in [6.07, 6.45) is 1.39. The largest absolute Gasteiger partial charge is 0.472 e. The van der Waals surface area contributed by atoms with Crippen LogP contribution in [-0.2, 0) is 11.2 Å². The summed E-state index contributed by atoms with van der Waals surface area (Å²) < 4.78 is 5.96. The molecule has 2 atom stereocenters. The van der Waals surface area contributed by atoms with E-state index in [-0.39, 0.29) is 18.8 Å². The maximum Gasteiger partial charge on any atom is 0.216 e. The van der Waals surface area contributed by atoms with Crippen LogP contribution in [0.4, 0.5) is 0 Å². The molecule has 1 N–H and O–H groups in total. The molecule has 0 fully saturated rings. The molecule has 21 heavy (non-hydrogen) atoms. The van der Waals surface area contributed by atoms with Gasteiger partial charge in [0.25, 0.3) is 0 Å². The molecule has 3 rings (SSSR count). The zero-order chi connectivity index (χ0) is 14.5. The number of hydrogen-bond acceptors (Lipinski definition) is 3. The average Bonchev–Trinajstić information content (AvgIpc) is 2.93. The lowest BCUT2D eigenvalue weighted by Gasteiger charge is -2.16.